The van der Waals surface area contributed by atoms with Gasteiger partial charge in [0.15, 0.2) is 0 Å². The molecule has 0 spiro atoms. The number of alkyl halides is 3. The zero-order chi connectivity index (χ0) is 26.6. The van der Waals surface area contributed by atoms with Crippen LogP contribution in [0.2, 0.25) is 0 Å². The number of hydrogen-bond donors (Lipinski definition) is 2. The summed E-state index contributed by atoms with van der Waals surface area (Å²) in [5, 5.41) is 5.45. The molecule has 0 bridgehead atoms. The second-order valence-electron chi connectivity index (χ2n) is 8.70. The van der Waals surface area contributed by atoms with Crippen LogP contribution in [-0.2, 0) is 22.2 Å². The summed E-state index contributed by atoms with van der Waals surface area (Å²) in [6.45, 7) is 4.25. The van der Waals surface area contributed by atoms with E-state index in [9.17, 15) is 22.8 Å². The summed E-state index contributed by atoms with van der Waals surface area (Å²) >= 11 is 0. The molecule has 0 heterocycles. The minimum absolute atomic E-state index is 0.0613. The predicted octanol–water partition coefficient (Wildman–Crippen LogP) is 6.75. The number of allylic oxidation sites excluding steroid dienone is 2. The Hall–Kier alpha value is -3.55. The van der Waals surface area contributed by atoms with Gasteiger partial charge in [-0.05, 0) is 66.6 Å². The Morgan fingerprint density at radius 3 is 2.39 bits per heavy atom. The van der Waals surface area contributed by atoms with Crippen molar-refractivity contribution in [2.75, 3.05) is 12.4 Å². The minimum atomic E-state index is -4.39. The third-order valence-electron chi connectivity index (χ3n) is 5.21. The van der Waals surface area contributed by atoms with E-state index in [1.54, 1.807) is 18.2 Å². The van der Waals surface area contributed by atoms with Crippen LogP contribution >= 0.6 is 0 Å². The molecule has 36 heavy (non-hydrogen) atoms. The topological polar surface area (TPSA) is 67.4 Å². The van der Waals surface area contributed by atoms with Crippen molar-refractivity contribution in [3.63, 3.8) is 0 Å². The third-order valence-corrected chi connectivity index (χ3v) is 5.21. The van der Waals surface area contributed by atoms with E-state index in [1.165, 1.54) is 31.5 Å². The zero-order valence-electron chi connectivity index (χ0n) is 20.8. The van der Waals surface area contributed by atoms with Crippen LogP contribution in [0.25, 0.3) is 6.08 Å². The molecule has 0 radical (unpaired) electrons. The molecule has 0 aliphatic carbocycles. The first-order valence-corrected chi connectivity index (χ1v) is 11.8. The van der Waals surface area contributed by atoms with Crippen molar-refractivity contribution in [1.29, 1.82) is 0 Å². The maximum atomic E-state index is 12.6. The summed E-state index contributed by atoms with van der Waals surface area (Å²) in [6, 6.07) is 9.74. The Labute approximate surface area is 210 Å². The van der Waals surface area contributed by atoms with Gasteiger partial charge in [0.25, 0.3) is 0 Å². The number of benzene rings is 2. The summed E-state index contributed by atoms with van der Waals surface area (Å²) in [6.07, 6.45) is 5.95. The van der Waals surface area contributed by atoms with Crippen LogP contribution in [0.1, 0.15) is 56.2 Å². The lowest BCUT2D eigenvalue weighted by Crippen LogP contribution is -2.19. The quantitative estimate of drug-likeness (QED) is 0.249. The number of ether oxygens (including phenoxy) is 1. The summed E-state index contributed by atoms with van der Waals surface area (Å²) in [7, 11) is 1.49. The van der Waals surface area contributed by atoms with E-state index in [-0.39, 0.29) is 18.2 Å². The summed E-state index contributed by atoms with van der Waals surface area (Å²) in [4.78, 5) is 24.5. The van der Waals surface area contributed by atoms with E-state index in [2.05, 4.69) is 36.6 Å². The van der Waals surface area contributed by atoms with Crippen molar-refractivity contribution in [2.24, 2.45) is 5.92 Å². The van der Waals surface area contributed by atoms with Gasteiger partial charge >= 0.3 is 6.18 Å². The molecule has 2 aromatic rings. The molecule has 0 saturated carbocycles. The van der Waals surface area contributed by atoms with Crippen LogP contribution < -0.4 is 15.4 Å². The SMILES string of the molecule is COc1cc(CC(=O)N/C=C/c2ccc(C(F)(F)F)cc2)ccc1NC(=O)CCCC/C=C/C(C)C. The molecule has 0 aromatic heterocycles. The van der Waals surface area contributed by atoms with Crippen molar-refractivity contribution >= 4 is 23.6 Å². The van der Waals surface area contributed by atoms with Gasteiger partial charge in [-0.1, -0.05) is 44.2 Å². The van der Waals surface area contributed by atoms with Crippen molar-refractivity contribution in [3.05, 3.63) is 77.5 Å². The molecule has 0 unspecified atom stereocenters. The maximum Gasteiger partial charge on any atom is 0.416 e. The molecule has 2 amide bonds. The minimum Gasteiger partial charge on any atom is -0.495 e. The van der Waals surface area contributed by atoms with Crippen LogP contribution in [-0.4, -0.2) is 18.9 Å². The van der Waals surface area contributed by atoms with Crippen LogP contribution in [0, 0.1) is 5.92 Å². The highest BCUT2D eigenvalue weighted by Crippen LogP contribution is 2.29. The van der Waals surface area contributed by atoms with Crippen molar-refractivity contribution < 1.29 is 27.5 Å². The van der Waals surface area contributed by atoms with Crippen molar-refractivity contribution in [2.45, 2.75) is 52.1 Å². The number of anilines is 1. The molecule has 0 fully saturated rings. The number of carbonyl (C=O) groups excluding carboxylic acids is 2. The molecule has 8 heteroatoms. The van der Waals surface area contributed by atoms with Gasteiger partial charge in [-0.25, -0.2) is 0 Å². The molecule has 2 aromatic carbocycles. The molecule has 5 nitrogen and oxygen atoms in total. The average Bonchev–Trinajstić information content (AvgIpc) is 2.81. The van der Waals surface area contributed by atoms with Crippen molar-refractivity contribution in [3.8, 4) is 5.75 Å². The number of carbonyl (C=O) groups is 2. The number of halogens is 3. The van der Waals surface area contributed by atoms with E-state index >= 15 is 0 Å². The largest absolute Gasteiger partial charge is 0.495 e. The number of methoxy groups -OCH3 is 1. The number of unbranched alkanes of at least 4 members (excludes halogenated alkanes) is 2. The third kappa shape index (κ3) is 10.4. The monoisotopic (exact) mass is 502 g/mol. The fourth-order valence-electron chi connectivity index (χ4n) is 3.33. The Kier molecular flexibility index (Phi) is 11.2. The molecule has 0 atom stereocenters. The predicted molar refractivity (Wildman–Crippen MR) is 136 cm³/mol. The van der Waals surface area contributed by atoms with Gasteiger partial charge < -0.3 is 15.4 Å². The van der Waals surface area contributed by atoms with Gasteiger partial charge in [0.2, 0.25) is 11.8 Å². The summed E-state index contributed by atoms with van der Waals surface area (Å²) < 4.78 is 43.2. The van der Waals surface area contributed by atoms with Gasteiger partial charge in [0.05, 0.1) is 24.8 Å². The fourth-order valence-corrected chi connectivity index (χ4v) is 3.33. The van der Waals surface area contributed by atoms with Crippen LogP contribution in [0.3, 0.4) is 0 Å². The summed E-state index contributed by atoms with van der Waals surface area (Å²) in [5.74, 6) is 0.580. The average molecular weight is 503 g/mol. The highest BCUT2D eigenvalue weighted by Gasteiger charge is 2.29. The first kappa shape index (κ1) is 28.7. The molecule has 0 saturated heterocycles. The van der Waals surface area contributed by atoms with E-state index in [0.29, 0.717) is 34.9 Å². The standard InChI is InChI=1S/C28H33F3N2O3/c1-20(2)8-6-4-5-7-9-26(34)33-24-15-12-22(18-25(24)36-3)19-27(35)32-17-16-21-10-13-23(14-11-21)28(29,30)31/h6,8,10-18,20H,4-5,7,9,19H2,1-3H3,(H,32,35)(H,33,34)/b8-6+,17-16+. The molecular formula is C28H33F3N2O3. The first-order valence-electron chi connectivity index (χ1n) is 11.8. The van der Waals surface area contributed by atoms with E-state index in [1.807, 2.05) is 0 Å². The molecule has 2 N–H and O–H groups in total. The molecule has 0 aliphatic rings. The van der Waals surface area contributed by atoms with Crippen LogP contribution in [0.15, 0.2) is 60.8 Å². The van der Waals surface area contributed by atoms with E-state index in [0.717, 1.165) is 31.4 Å². The normalized spacial score (nSPS) is 11.9. The lowest BCUT2D eigenvalue weighted by molar-refractivity contribution is -0.137. The number of hydrogen-bond acceptors (Lipinski definition) is 3. The highest BCUT2D eigenvalue weighted by molar-refractivity contribution is 5.92. The lowest BCUT2D eigenvalue weighted by Gasteiger charge is -2.12. The Bertz CT molecular complexity index is 1060. The van der Waals surface area contributed by atoms with Gasteiger partial charge in [0, 0.05) is 12.6 Å². The maximum absolute atomic E-state index is 12.6. The molecule has 0 aliphatic heterocycles. The van der Waals surface area contributed by atoms with Gasteiger partial charge in [-0.2, -0.15) is 13.2 Å². The number of amides is 2. The molecular weight excluding hydrogens is 469 g/mol. The Morgan fingerprint density at radius 2 is 1.75 bits per heavy atom. The smallest absolute Gasteiger partial charge is 0.416 e. The Morgan fingerprint density at radius 1 is 1.03 bits per heavy atom. The summed E-state index contributed by atoms with van der Waals surface area (Å²) in [5.41, 5.74) is 1.01. The lowest BCUT2D eigenvalue weighted by atomic mass is 10.1. The van der Waals surface area contributed by atoms with Gasteiger partial charge in [-0.15, -0.1) is 0 Å². The van der Waals surface area contributed by atoms with Crippen molar-refractivity contribution in [1.82, 2.24) is 5.32 Å². The van der Waals surface area contributed by atoms with Crippen LogP contribution in [0.4, 0.5) is 18.9 Å². The molecule has 194 valence electrons. The molecule has 2 rings (SSSR count). The van der Waals surface area contributed by atoms with Gasteiger partial charge in [0.1, 0.15) is 5.75 Å². The number of nitrogens with one attached hydrogen (secondary N) is 2. The van der Waals surface area contributed by atoms with Gasteiger partial charge in [-0.3, -0.25) is 9.59 Å². The Balaban J connectivity index is 1.83. The highest BCUT2D eigenvalue weighted by atomic mass is 19.4. The van der Waals surface area contributed by atoms with E-state index in [4.69, 9.17) is 4.74 Å². The second-order valence-corrected chi connectivity index (χ2v) is 8.70. The fraction of sp³-hybridized carbons (Fsp3) is 0.357. The first-order chi connectivity index (χ1) is 17.1. The number of rotatable bonds is 12. The van der Waals surface area contributed by atoms with Crippen LogP contribution in [0.5, 0.6) is 5.75 Å². The zero-order valence-corrected chi connectivity index (χ0v) is 20.8. The second kappa shape index (κ2) is 14.1. The van der Waals surface area contributed by atoms with E-state index < -0.39 is 11.7 Å².